The zero-order valence-electron chi connectivity index (χ0n) is 9.47. The molecular formula is C13H13F2NS. The Morgan fingerprint density at radius 3 is 2.76 bits per heavy atom. The summed E-state index contributed by atoms with van der Waals surface area (Å²) >= 11 is 1.48. The second kappa shape index (κ2) is 5.38. The van der Waals surface area contributed by atoms with E-state index < -0.39 is 11.6 Å². The molecule has 1 aromatic heterocycles. The maximum atomic E-state index is 13.6. The minimum Gasteiger partial charge on any atom is -0.319 e. The molecule has 0 bridgehead atoms. The first kappa shape index (κ1) is 12.2. The van der Waals surface area contributed by atoms with Crippen LogP contribution in [0.1, 0.15) is 5.56 Å². The van der Waals surface area contributed by atoms with Gasteiger partial charge in [0.05, 0.1) is 0 Å². The fourth-order valence-corrected chi connectivity index (χ4v) is 2.58. The summed E-state index contributed by atoms with van der Waals surface area (Å²) in [7, 11) is 1.90. The van der Waals surface area contributed by atoms with Crippen LogP contribution in [-0.2, 0) is 6.42 Å². The Morgan fingerprint density at radius 1 is 1.24 bits per heavy atom. The van der Waals surface area contributed by atoms with Gasteiger partial charge in [-0.3, -0.25) is 0 Å². The molecule has 0 unspecified atom stereocenters. The maximum Gasteiger partial charge on any atom is 0.134 e. The number of hydrogen-bond acceptors (Lipinski definition) is 2. The average molecular weight is 253 g/mol. The molecule has 0 radical (unpaired) electrons. The summed E-state index contributed by atoms with van der Waals surface area (Å²) < 4.78 is 26.3. The van der Waals surface area contributed by atoms with Gasteiger partial charge in [0.1, 0.15) is 11.6 Å². The Kier molecular flexibility index (Phi) is 3.86. The van der Waals surface area contributed by atoms with Crippen LogP contribution in [-0.4, -0.2) is 13.6 Å². The van der Waals surface area contributed by atoms with E-state index in [4.69, 9.17) is 0 Å². The first-order chi connectivity index (χ1) is 8.20. The molecule has 0 spiro atoms. The summed E-state index contributed by atoms with van der Waals surface area (Å²) in [5.74, 6) is -1.05. The molecule has 0 aliphatic carbocycles. The van der Waals surface area contributed by atoms with E-state index in [1.54, 1.807) is 0 Å². The predicted molar refractivity (Wildman–Crippen MR) is 67.3 cm³/mol. The summed E-state index contributed by atoms with van der Waals surface area (Å²) in [6, 6.07) is 5.64. The van der Waals surface area contributed by atoms with E-state index in [1.165, 1.54) is 29.0 Å². The Labute approximate surface area is 103 Å². The van der Waals surface area contributed by atoms with E-state index in [9.17, 15) is 8.78 Å². The zero-order chi connectivity index (χ0) is 12.3. The van der Waals surface area contributed by atoms with Crippen LogP contribution in [0, 0.1) is 11.6 Å². The highest BCUT2D eigenvalue weighted by Gasteiger charge is 2.08. The van der Waals surface area contributed by atoms with Gasteiger partial charge in [-0.1, -0.05) is 0 Å². The van der Waals surface area contributed by atoms with E-state index in [-0.39, 0.29) is 0 Å². The van der Waals surface area contributed by atoms with Gasteiger partial charge in [-0.05, 0) is 49.2 Å². The fraction of sp³-hybridized carbons (Fsp3) is 0.231. The molecule has 2 aromatic rings. The van der Waals surface area contributed by atoms with Crippen LogP contribution in [0.25, 0.3) is 10.4 Å². The highest BCUT2D eigenvalue weighted by molar-refractivity contribution is 7.13. The number of likely N-dealkylation sites (N-methyl/N-ethyl adjacent to an activating group) is 1. The third-order valence-electron chi connectivity index (χ3n) is 2.51. The summed E-state index contributed by atoms with van der Waals surface area (Å²) in [6.07, 6.45) is 0.913. The van der Waals surface area contributed by atoms with Crippen molar-refractivity contribution in [2.45, 2.75) is 6.42 Å². The molecule has 17 heavy (non-hydrogen) atoms. The highest BCUT2D eigenvalue weighted by Crippen LogP contribution is 2.29. The number of rotatable bonds is 4. The van der Waals surface area contributed by atoms with Crippen molar-refractivity contribution in [2.75, 3.05) is 13.6 Å². The van der Waals surface area contributed by atoms with Gasteiger partial charge < -0.3 is 5.32 Å². The Hall–Kier alpha value is -1.26. The summed E-state index contributed by atoms with van der Waals surface area (Å²) in [5.41, 5.74) is 1.63. The van der Waals surface area contributed by atoms with Gasteiger partial charge in [0.15, 0.2) is 0 Å². The van der Waals surface area contributed by atoms with E-state index in [2.05, 4.69) is 5.32 Å². The molecule has 1 heterocycles. The van der Waals surface area contributed by atoms with Crippen LogP contribution in [0.4, 0.5) is 8.78 Å². The van der Waals surface area contributed by atoms with Crippen LogP contribution >= 0.6 is 11.3 Å². The molecule has 0 amide bonds. The molecule has 1 N–H and O–H groups in total. The maximum absolute atomic E-state index is 13.6. The lowest BCUT2D eigenvalue weighted by Gasteiger charge is -1.99. The fourth-order valence-electron chi connectivity index (χ4n) is 1.61. The predicted octanol–water partition coefficient (Wildman–Crippen LogP) is 3.46. The minimum absolute atomic E-state index is 0.465. The van der Waals surface area contributed by atoms with Crippen molar-refractivity contribution in [3.05, 3.63) is 46.8 Å². The van der Waals surface area contributed by atoms with Crippen molar-refractivity contribution in [2.24, 2.45) is 0 Å². The van der Waals surface area contributed by atoms with Crippen molar-refractivity contribution in [3.63, 3.8) is 0 Å². The molecule has 1 aromatic carbocycles. The first-order valence-electron chi connectivity index (χ1n) is 5.38. The molecular weight excluding hydrogens is 240 g/mol. The second-order valence-corrected chi connectivity index (χ2v) is 4.71. The van der Waals surface area contributed by atoms with Gasteiger partial charge in [-0.25, -0.2) is 8.78 Å². The quantitative estimate of drug-likeness (QED) is 0.880. The van der Waals surface area contributed by atoms with Crippen molar-refractivity contribution in [3.8, 4) is 10.4 Å². The van der Waals surface area contributed by atoms with Crippen LogP contribution in [0.15, 0.2) is 29.6 Å². The van der Waals surface area contributed by atoms with Crippen molar-refractivity contribution < 1.29 is 8.78 Å². The van der Waals surface area contributed by atoms with E-state index in [0.717, 1.165) is 23.9 Å². The summed E-state index contributed by atoms with van der Waals surface area (Å²) in [4.78, 5) is 0.841. The lowest BCUT2D eigenvalue weighted by Crippen LogP contribution is -2.09. The monoisotopic (exact) mass is 253 g/mol. The van der Waals surface area contributed by atoms with E-state index in [0.29, 0.717) is 5.56 Å². The summed E-state index contributed by atoms with van der Waals surface area (Å²) in [6.45, 7) is 0.891. The Balaban J connectivity index is 2.24. The smallest absolute Gasteiger partial charge is 0.134 e. The Bertz CT molecular complexity index is 508. The summed E-state index contributed by atoms with van der Waals surface area (Å²) in [5, 5.41) is 5.07. The normalized spacial score (nSPS) is 10.8. The van der Waals surface area contributed by atoms with Gasteiger partial charge in [0.2, 0.25) is 0 Å². The molecule has 2 rings (SSSR count). The van der Waals surface area contributed by atoms with Gasteiger partial charge in [-0.2, -0.15) is 0 Å². The van der Waals surface area contributed by atoms with Crippen molar-refractivity contribution >= 4 is 11.3 Å². The van der Waals surface area contributed by atoms with Gasteiger partial charge >= 0.3 is 0 Å². The second-order valence-electron chi connectivity index (χ2n) is 3.80. The van der Waals surface area contributed by atoms with E-state index in [1.807, 2.05) is 18.5 Å². The molecule has 1 nitrogen and oxygen atoms in total. The van der Waals surface area contributed by atoms with Gasteiger partial charge in [-0.15, -0.1) is 11.3 Å². The van der Waals surface area contributed by atoms with Gasteiger partial charge in [0.25, 0.3) is 0 Å². The minimum atomic E-state index is -0.543. The largest absolute Gasteiger partial charge is 0.319 e. The molecule has 0 saturated carbocycles. The van der Waals surface area contributed by atoms with Crippen LogP contribution in [0.2, 0.25) is 0 Å². The zero-order valence-corrected chi connectivity index (χ0v) is 10.3. The van der Waals surface area contributed by atoms with Crippen molar-refractivity contribution in [1.82, 2.24) is 5.32 Å². The third-order valence-corrected chi connectivity index (χ3v) is 3.53. The number of thiophene rings is 1. The van der Waals surface area contributed by atoms with E-state index >= 15 is 0 Å². The molecule has 4 heteroatoms. The number of halogens is 2. The molecule has 0 fully saturated rings. The molecule has 0 aliphatic rings. The molecule has 0 aliphatic heterocycles. The number of hydrogen-bond donors (Lipinski definition) is 1. The van der Waals surface area contributed by atoms with Crippen LogP contribution in [0.5, 0.6) is 0 Å². The topological polar surface area (TPSA) is 12.0 Å². The van der Waals surface area contributed by atoms with Crippen LogP contribution in [0.3, 0.4) is 0 Å². The molecule has 0 saturated heterocycles. The number of nitrogens with one attached hydrogen (secondary N) is 1. The van der Waals surface area contributed by atoms with Gasteiger partial charge in [0, 0.05) is 16.5 Å². The molecule has 0 atom stereocenters. The highest BCUT2D eigenvalue weighted by atomic mass is 32.1. The SMILES string of the molecule is CNCCc1csc(-c2ccc(F)cc2F)c1. The lowest BCUT2D eigenvalue weighted by molar-refractivity contribution is 0.586. The first-order valence-corrected chi connectivity index (χ1v) is 6.26. The standard InChI is InChI=1S/C13H13F2NS/c1-16-5-4-9-6-13(17-8-9)11-3-2-10(14)7-12(11)15/h2-3,6-8,16H,4-5H2,1H3. The third kappa shape index (κ3) is 2.90. The number of benzene rings is 1. The average Bonchev–Trinajstić information content (AvgIpc) is 2.75. The Morgan fingerprint density at radius 2 is 2.06 bits per heavy atom. The van der Waals surface area contributed by atoms with Crippen molar-refractivity contribution in [1.29, 1.82) is 0 Å². The lowest BCUT2D eigenvalue weighted by atomic mass is 10.1. The molecule has 90 valence electrons. The van der Waals surface area contributed by atoms with Crippen LogP contribution < -0.4 is 5.32 Å².